The van der Waals surface area contributed by atoms with E-state index in [0.29, 0.717) is 6.42 Å². The van der Waals surface area contributed by atoms with Gasteiger partial charge in [0, 0.05) is 13.5 Å². The molecule has 1 atom stereocenters. The number of carbonyl (C=O) groups is 1. The summed E-state index contributed by atoms with van der Waals surface area (Å²) in [7, 11) is 1.60. The highest BCUT2D eigenvalue weighted by molar-refractivity contribution is 5.80. The lowest BCUT2D eigenvalue weighted by Gasteiger charge is -2.14. The quantitative estimate of drug-likeness (QED) is 0.816. The van der Waals surface area contributed by atoms with Crippen molar-refractivity contribution in [1.82, 2.24) is 25.5 Å². The molecule has 1 aromatic heterocycles. The van der Waals surface area contributed by atoms with E-state index in [9.17, 15) is 4.79 Å². The lowest BCUT2D eigenvalue weighted by molar-refractivity contribution is -0.124. The van der Waals surface area contributed by atoms with E-state index in [1.165, 1.54) is 11.0 Å². The Morgan fingerprint density at radius 2 is 2.18 bits per heavy atom. The molecule has 88 valence electrons. The third-order valence-corrected chi connectivity index (χ3v) is 2.51. The molecular weight excluding hydrogens is 218 g/mol. The SMILES string of the molecule is CNC(=O)[C@H](Cc1ccccc1)n1cnnn1. The predicted octanol–water partition coefficient (Wildman–Crippen LogP) is 0.203. The van der Waals surface area contributed by atoms with Gasteiger partial charge in [-0.1, -0.05) is 30.3 Å². The fraction of sp³-hybridized carbons (Fsp3) is 0.273. The van der Waals surface area contributed by atoms with Crippen molar-refractivity contribution in [2.75, 3.05) is 7.05 Å². The highest BCUT2D eigenvalue weighted by atomic mass is 16.2. The summed E-state index contributed by atoms with van der Waals surface area (Å²) in [4.78, 5) is 11.8. The van der Waals surface area contributed by atoms with Crippen LogP contribution in [0.3, 0.4) is 0 Å². The van der Waals surface area contributed by atoms with Crippen LogP contribution in [0.2, 0.25) is 0 Å². The molecule has 0 aliphatic carbocycles. The third-order valence-electron chi connectivity index (χ3n) is 2.51. The summed E-state index contributed by atoms with van der Waals surface area (Å²) in [5, 5.41) is 13.5. The Bertz CT molecular complexity index is 468. The van der Waals surface area contributed by atoms with E-state index in [1.54, 1.807) is 7.05 Å². The Morgan fingerprint density at radius 3 is 2.76 bits per heavy atom. The van der Waals surface area contributed by atoms with Gasteiger partial charge in [0.25, 0.3) is 0 Å². The topological polar surface area (TPSA) is 72.7 Å². The molecule has 0 saturated heterocycles. The molecule has 6 nitrogen and oxygen atoms in total. The minimum atomic E-state index is -0.419. The molecule has 0 aliphatic rings. The summed E-state index contributed by atoms with van der Waals surface area (Å²) in [6, 6.07) is 9.35. The number of nitrogens with one attached hydrogen (secondary N) is 1. The van der Waals surface area contributed by atoms with Crippen molar-refractivity contribution in [3.63, 3.8) is 0 Å². The second kappa shape index (κ2) is 5.20. The maximum Gasteiger partial charge on any atom is 0.245 e. The number of aromatic nitrogens is 4. The van der Waals surface area contributed by atoms with Crippen molar-refractivity contribution in [2.24, 2.45) is 0 Å². The normalized spacial score (nSPS) is 12.1. The molecule has 0 saturated carbocycles. The minimum Gasteiger partial charge on any atom is -0.357 e. The van der Waals surface area contributed by atoms with Gasteiger partial charge in [0.2, 0.25) is 5.91 Å². The summed E-state index contributed by atoms with van der Waals surface area (Å²) in [6.45, 7) is 0. The van der Waals surface area contributed by atoms with Crippen molar-refractivity contribution in [3.8, 4) is 0 Å². The van der Waals surface area contributed by atoms with Crippen LogP contribution in [-0.2, 0) is 11.2 Å². The first kappa shape index (κ1) is 11.3. The van der Waals surface area contributed by atoms with Crippen LogP contribution in [-0.4, -0.2) is 33.2 Å². The van der Waals surface area contributed by atoms with E-state index in [1.807, 2.05) is 30.3 Å². The number of tetrazole rings is 1. The summed E-state index contributed by atoms with van der Waals surface area (Å²) >= 11 is 0. The number of hydrogen-bond acceptors (Lipinski definition) is 4. The Balaban J connectivity index is 2.20. The van der Waals surface area contributed by atoms with E-state index >= 15 is 0 Å². The first-order chi connectivity index (χ1) is 8.31. The van der Waals surface area contributed by atoms with Crippen molar-refractivity contribution in [3.05, 3.63) is 42.2 Å². The van der Waals surface area contributed by atoms with Crippen LogP contribution in [0.5, 0.6) is 0 Å². The third kappa shape index (κ3) is 2.66. The molecule has 0 aliphatic heterocycles. The van der Waals surface area contributed by atoms with Crippen molar-refractivity contribution in [2.45, 2.75) is 12.5 Å². The molecule has 0 bridgehead atoms. The molecule has 2 rings (SSSR count). The largest absolute Gasteiger partial charge is 0.357 e. The second-order valence-electron chi connectivity index (χ2n) is 3.61. The zero-order chi connectivity index (χ0) is 12.1. The van der Waals surface area contributed by atoms with Gasteiger partial charge in [-0.2, -0.15) is 0 Å². The van der Waals surface area contributed by atoms with Crippen LogP contribution in [0, 0.1) is 0 Å². The molecule has 0 radical (unpaired) electrons. The van der Waals surface area contributed by atoms with Gasteiger partial charge in [-0.25, -0.2) is 4.68 Å². The minimum absolute atomic E-state index is 0.110. The van der Waals surface area contributed by atoms with E-state index in [4.69, 9.17) is 0 Å². The molecular formula is C11H13N5O. The predicted molar refractivity (Wildman–Crippen MR) is 61.1 cm³/mol. The van der Waals surface area contributed by atoms with E-state index in [0.717, 1.165) is 5.56 Å². The smallest absolute Gasteiger partial charge is 0.245 e. The zero-order valence-corrected chi connectivity index (χ0v) is 9.45. The van der Waals surface area contributed by atoms with Crippen molar-refractivity contribution >= 4 is 5.91 Å². The summed E-state index contributed by atoms with van der Waals surface area (Å²) in [6.07, 6.45) is 2.01. The molecule has 0 unspecified atom stereocenters. The Morgan fingerprint density at radius 1 is 1.41 bits per heavy atom. The number of rotatable bonds is 4. The van der Waals surface area contributed by atoms with E-state index < -0.39 is 6.04 Å². The van der Waals surface area contributed by atoms with Gasteiger partial charge >= 0.3 is 0 Å². The maximum atomic E-state index is 11.8. The molecule has 17 heavy (non-hydrogen) atoms. The first-order valence-corrected chi connectivity index (χ1v) is 5.29. The highest BCUT2D eigenvalue weighted by Gasteiger charge is 2.20. The molecule has 0 fully saturated rings. The van der Waals surface area contributed by atoms with Gasteiger partial charge in [0.05, 0.1) is 0 Å². The summed E-state index contributed by atoms with van der Waals surface area (Å²) in [5.41, 5.74) is 1.07. The molecule has 1 aromatic carbocycles. The molecule has 0 spiro atoms. The monoisotopic (exact) mass is 231 g/mol. The number of hydrogen-bond donors (Lipinski definition) is 1. The average molecular weight is 231 g/mol. The standard InChI is InChI=1S/C11H13N5O/c1-12-11(17)10(16-8-13-14-15-16)7-9-5-3-2-4-6-9/h2-6,8,10H,7H2,1H3,(H,12,17)/t10-/m0/s1. The lowest BCUT2D eigenvalue weighted by Crippen LogP contribution is -2.31. The maximum absolute atomic E-state index is 11.8. The van der Waals surface area contributed by atoms with Crippen molar-refractivity contribution in [1.29, 1.82) is 0 Å². The Hall–Kier alpha value is -2.24. The highest BCUT2D eigenvalue weighted by Crippen LogP contribution is 2.12. The molecule has 1 heterocycles. The van der Waals surface area contributed by atoms with Gasteiger partial charge in [0.1, 0.15) is 12.4 Å². The van der Waals surface area contributed by atoms with Crippen LogP contribution in [0.1, 0.15) is 11.6 Å². The molecule has 6 heteroatoms. The van der Waals surface area contributed by atoms with Gasteiger partial charge in [0.15, 0.2) is 0 Å². The number of amides is 1. The van der Waals surface area contributed by atoms with Crippen molar-refractivity contribution < 1.29 is 4.79 Å². The van der Waals surface area contributed by atoms with Gasteiger partial charge in [-0.15, -0.1) is 5.10 Å². The van der Waals surface area contributed by atoms with Crippen LogP contribution in [0.25, 0.3) is 0 Å². The van der Waals surface area contributed by atoms with Gasteiger partial charge < -0.3 is 5.32 Å². The molecule has 1 amide bonds. The Kier molecular flexibility index (Phi) is 3.44. The van der Waals surface area contributed by atoms with E-state index in [2.05, 4.69) is 20.8 Å². The van der Waals surface area contributed by atoms with E-state index in [-0.39, 0.29) is 5.91 Å². The average Bonchev–Trinajstić information content (AvgIpc) is 2.90. The molecule has 2 aromatic rings. The number of carbonyl (C=O) groups excluding carboxylic acids is 1. The first-order valence-electron chi connectivity index (χ1n) is 5.29. The van der Waals surface area contributed by atoms with Crippen LogP contribution in [0.4, 0.5) is 0 Å². The lowest BCUT2D eigenvalue weighted by atomic mass is 10.1. The summed E-state index contributed by atoms with van der Waals surface area (Å²) < 4.78 is 1.46. The molecule has 1 N–H and O–H groups in total. The van der Waals surface area contributed by atoms with Crippen LogP contribution < -0.4 is 5.32 Å². The fourth-order valence-electron chi connectivity index (χ4n) is 1.62. The number of nitrogens with zero attached hydrogens (tertiary/aromatic N) is 4. The zero-order valence-electron chi connectivity index (χ0n) is 9.45. The van der Waals surface area contributed by atoms with Crippen LogP contribution in [0.15, 0.2) is 36.7 Å². The Labute approximate surface area is 98.6 Å². The van der Waals surface area contributed by atoms with Crippen LogP contribution >= 0.6 is 0 Å². The van der Waals surface area contributed by atoms with Gasteiger partial charge in [-0.3, -0.25) is 4.79 Å². The number of benzene rings is 1. The second-order valence-corrected chi connectivity index (χ2v) is 3.61. The van der Waals surface area contributed by atoms with Gasteiger partial charge in [-0.05, 0) is 16.0 Å². The fourth-order valence-corrected chi connectivity index (χ4v) is 1.62. The number of likely N-dealkylation sites (N-methyl/N-ethyl adjacent to an activating group) is 1. The summed E-state index contributed by atoms with van der Waals surface area (Å²) in [5.74, 6) is -0.110.